The summed E-state index contributed by atoms with van der Waals surface area (Å²) < 4.78 is 11.3. The maximum atomic E-state index is 12.6. The molecule has 2 N–H and O–H groups in total. The molecule has 1 aliphatic carbocycles. The Morgan fingerprint density at radius 2 is 1.62 bits per heavy atom. The number of carbonyl (C=O) groups is 2. The topological polar surface area (TPSA) is 76.7 Å². The lowest BCUT2D eigenvalue weighted by atomic mass is 9.95. The lowest BCUT2D eigenvalue weighted by Gasteiger charge is -2.16. The molecular weight excluding hydrogens is 400 g/mol. The lowest BCUT2D eigenvalue weighted by Crippen LogP contribution is -2.46. The Bertz CT molecular complexity index is 832. The highest BCUT2D eigenvalue weighted by molar-refractivity contribution is 9.10. The van der Waals surface area contributed by atoms with Crippen molar-refractivity contribution in [1.29, 1.82) is 0 Å². The second-order valence-electron chi connectivity index (χ2n) is 6.07. The van der Waals surface area contributed by atoms with Crippen molar-refractivity contribution in [2.45, 2.75) is 18.3 Å². The molecule has 136 valence electrons. The number of hydrogen-bond donors (Lipinski definition) is 2. The molecule has 26 heavy (non-hydrogen) atoms. The molecule has 7 heteroatoms. The van der Waals surface area contributed by atoms with Crippen molar-refractivity contribution >= 4 is 27.7 Å². The van der Waals surface area contributed by atoms with Crippen molar-refractivity contribution in [3.8, 4) is 11.5 Å². The fourth-order valence-corrected chi connectivity index (χ4v) is 3.09. The van der Waals surface area contributed by atoms with Crippen molar-refractivity contribution in [2.24, 2.45) is 0 Å². The molecule has 0 atom stereocenters. The molecule has 2 aromatic carbocycles. The van der Waals surface area contributed by atoms with Crippen LogP contribution in [-0.2, 0) is 10.2 Å². The summed E-state index contributed by atoms with van der Waals surface area (Å²) in [6.45, 7) is 0. The Kier molecular flexibility index (Phi) is 5.18. The van der Waals surface area contributed by atoms with Crippen LogP contribution < -0.4 is 20.3 Å². The van der Waals surface area contributed by atoms with Crippen LogP contribution >= 0.6 is 15.9 Å². The van der Waals surface area contributed by atoms with Gasteiger partial charge in [-0.05, 0) is 48.7 Å². The largest absolute Gasteiger partial charge is 0.493 e. The highest BCUT2D eigenvalue weighted by atomic mass is 79.9. The predicted molar refractivity (Wildman–Crippen MR) is 100 cm³/mol. The second kappa shape index (κ2) is 7.37. The quantitative estimate of drug-likeness (QED) is 0.731. The lowest BCUT2D eigenvalue weighted by molar-refractivity contribution is -0.124. The molecule has 0 aromatic heterocycles. The molecule has 0 bridgehead atoms. The van der Waals surface area contributed by atoms with Crippen molar-refractivity contribution in [1.82, 2.24) is 10.9 Å². The molecule has 0 spiro atoms. The van der Waals surface area contributed by atoms with E-state index in [9.17, 15) is 9.59 Å². The Morgan fingerprint density at radius 1 is 0.962 bits per heavy atom. The van der Waals surface area contributed by atoms with Gasteiger partial charge in [0.05, 0.1) is 19.6 Å². The third kappa shape index (κ3) is 3.53. The number of carbonyl (C=O) groups excluding carboxylic acids is 2. The number of nitrogens with one attached hydrogen (secondary N) is 2. The second-order valence-corrected chi connectivity index (χ2v) is 6.98. The number of ether oxygens (including phenoxy) is 2. The number of methoxy groups -OCH3 is 2. The fraction of sp³-hybridized carbons (Fsp3) is 0.263. The molecule has 1 saturated carbocycles. The van der Waals surface area contributed by atoms with Crippen LogP contribution in [0.1, 0.15) is 28.8 Å². The summed E-state index contributed by atoms with van der Waals surface area (Å²) >= 11 is 3.39. The van der Waals surface area contributed by atoms with E-state index < -0.39 is 11.3 Å². The van der Waals surface area contributed by atoms with Gasteiger partial charge in [-0.25, -0.2) is 0 Å². The number of benzene rings is 2. The van der Waals surface area contributed by atoms with Crippen LogP contribution in [0.3, 0.4) is 0 Å². The van der Waals surface area contributed by atoms with Crippen LogP contribution in [0.2, 0.25) is 0 Å². The summed E-state index contributed by atoms with van der Waals surface area (Å²) in [5, 5.41) is 0. The first-order chi connectivity index (χ1) is 12.5. The van der Waals surface area contributed by atoms with E-state index in [1.165, 1.54) is 14.2 Å². The monoisotopic (exact) mass is 418 g/mol. The number of rotatable bonds is 5. The SMILES string of the molecule is COc1ccc(C(=O)NNC(=O)C2(c3ccc(Br)cc3)CC2)cc1OC. The summed E-state index contributed by atoms with van der Waals surface area (Å²) in [6, 6.07) is 12.5. The summed E-state index contributed by atoms with van der Waals surface area (Å²) in [6.07, 6.45) is 1.51. The van der Waals surface area contributed by atoms with Gasteiger partial charge in [0.1, 0.15) is 0 Å². The Morgan fingerprint density at radius 3 is 2.19 bits per heavy atom. The normalized spacial score (nSPS) is 14.3. The number of halogens is 1. The molecule has 0 radical (unpaired) electrons. The van der Waals surface area contributed by atoms with Gasteiger partial charge in [0.15, 0.2) is 11.5 Å². The first kappa shape index (κ1) is 18.3. The molecule has 1 aliphatic rings. The van der Waals surface area contributed by atoms with Crippen molar-refractivity contribution in [3.05, 3.63) is 58.1 Å². The van der Waals surface area contributed by atoms with Gasteiger partial charge in [-0.1, -0.05) is 28.1 Å². The van der Waals surface area contributed by atoms with E-state index in [0.29, 0.717) is 17.1 Å². The molecule has 1 fully saturated rings. The molecule has 0 heterocycles. The van der Waals surface area contributed by atoms with Crippen LogP contribution in [0.15, 0.2) is 46.9 Å². The van der Waals surface area contributed by atoms with Gasteiger partial charge in [0, 0.05) is 10.0 Å². The van der Waals surface area contributed by atoms with E-state index in [1.807, 2.05) is 24.3 Å². The van der Waals surface area contributed by atoms with Gasteiger partial charge in [0.25, 0.3) is 5.91 Å². The van der Waals surface area contributed by atoms with Gasteiger partial charge >= 0.3 is 0 Å². The Balaban J connectivity index is 1.66. The molecule has 6 nitrogen and oxygen atoms in total. The molecule has 2 amide bonds. The zero-order valence-electron chi connectivity index (χ0n) is 14.5. The van der Waals surface area contributed by atoms with Crippen molar-refractivity contribution in [3.63, 3.8) is 0 Å². The van der Waals surface area contributed by atoms with Crippen LogP contribution in [0.5, 0.6) is 11.5 Å². The van der Waals surface area contributed by atoms with Gasteiger partial charge in [-0.3, -0.25) is 20.4 Å². The fourth-order valence-electron chi connectivity index (χ4n) is 2.82. The van der Waals surface area contributed by atoms with Crippen LogP contribution in [0, 0.1) is 0 Å². The van der Waals surface area contributed by atoms with E-state index in [2.05, 4.69) is 26.8 Å². The van der Waals surface area contributed by atoms with E-state index >= 15 is 0 Å². The maximum absolute atomic E-state index is 12.6. The summed E-state index contributed by atoms with van der Waals surface area (Å²) in [5.41, 5.74) is 5.75. The number of hydrogen-bond acceptors (Lipinski definition) is 4. The molecule has 2 aromatic rings. The summed E-state index contributed by atoms with van der Waals surface area (Å²) in [7, 11) is 3.02. The van der Waals surface area contributed by atoms with E-state index in [4.69, 9.17) is 9.47 Å². The third-order valence-electron chi connectivity index (χ3n) is 4.52. The minimum atomic E-state index is -0.564. The number of hydrazine groups is 1. The van der Waals surface area contributed by atoms with E-state index in [-0.39, 0.29) is 5.91 Å². The standard InChI is InChI=1S/C19H19BrN2O4/c1-25-15-8-3-12(11-16(15)26-2)17(23)21-22-18(24)19(9-10-19)13-4-6-14(20)7-5-13/h3-8,11H,9-10H2,1-2H3,(H,21,23)(H,22,24). The maximum Gasteiger partial charge on any atom is 0.269 e. The van der Waals surface area contributed by atoms with Crippen LogP contribution in [-0.4, -0.2) is 26.0 Å². The first-order valence-corrected chi connectivity index (χ1v) is 8.88. The zero-order chi connectivity index (χ0) is 18.7. The van der Waals surface area contributed by atoms with Crippen molar-refractivity contribution in [2.75, 3.05) is 14.2 Å². The first-order valence-electron chi connectivity index (χ1n) is 8.09. The van der Waals surface area contributed by atoms with E-state index in [1.54, 1.807) is 18.2 Å². The highest BCUT2D eigenvalue weighted by Crippen LogP contribution is 2.48. The summed E-state index contributed by atoms with van der Waals surface area (Å²) in [4.78, 5) is 24.9. The highest BCUT2D eigenvalue weighted by Gasteiger charge is 2.51. The predicted octanol–water partition coefficient (Wildman–Crippen LogP) is 2.96. The smallest absolute Gasteiger partial charge is 0.269 e. The van der Waals surface area contributed by atoms with Gasteiger partial charge in [-0.15, -0.1) is 0 Å². The van der Waals surface area contributed by atoms with Crippen molar-refractivity contribution < 1.29 is 19.1 Å². The molecule has 0 unspecified atom stereocenters. The molecule has 0 aliphatic heterocycles. The minimum absolute atomic E-state index is 0.214. The molecule has 3 rings (SSSR count). The number of amides is 2. The van der Waals surface area contributed by atoms with Crippen LogP contribution in [0.4, 0.5) is 0 Å². The zero-order valence-corrected chi connectivity index (χ0v) is 16.1. The third-order valence-corrected chi connectivity index (χ3v) is 5.05. The van der Waals surface area contributed by atoms with Gasteiger partial charge in [-0.2, -0.15) is 0 Å². The van der Waals surface area contributed by atoms with Gasteiger partial charge < -0.3 is 9.47 Å². The Labute approximate surface area is 160 Å². The average Bonchev–Trinajstić information content (AvgIpc) is 3.47. The summed E-state index contributed by atoms with van der Waals surface area (Å²) in [5.74, 6) is 0.333. The van der Waals surface area contributed by atoms with E-state index in [0.717, 1.165) is 22.9 Å². The van der Waals surface area contributed by atoms with Crippen LogP contribution in [0.25, 0.3) is 0 Å². The molecular formula is C19H19BrN2O4. The molecule has 0 saturated heterocycles. The minimum Gasteiger partial charge on any atom is -0.493 e. The Hall–Kier alpha value is -2.54. The van der Waals surface area contributed by atoms with Gasteiger partial charge in [0.2, 0.25) is 5.91 Å². The average molecular weight is 419 g/mol.